The van der Waals surface area contributed by atoms with Crippen molar-refractivity contribution < 1.29 is 19.5 Å². The van der Waals surface area contributed by atoms with Crippen molar-refractivity contribution in [3.05, 3.63) is 0 Å². The number of nitrogens with zero attached hydrogens (tertiary/aromatic N) is 2. The molecule has 1 aliphatic rings. The zero-order valence-corrected chi connectivity index (χ0v) is 13.9. The quantitative estimate of drug-likeness (QED) is 0.774. The third kappa shape index (κ3) is 5.31. The summed E-state index contributed by atoms with van der Waals surface area (Å²) in [6.45, 7) is 4.83. The van der Waals surface area contributed by atoms with Gasteiger partial charge in [0.2, 0.25) is 11.8 Å². The van der Waals surface area contributed by atoms with Gasteiger partial charge in [0.1, 0.15) is 0 Å². The second kappa shape index (κ2) is 8.76. The van der Waals surface area contributed by atoms with Crippen LogP contribution in [0.15, 0.2) is 0 Å². The van der Waals surface area contributed by atoms with Gasteiger partial charge in [-0.2, -0.15) is 0 Å². The molecular weight excluding hydrogens is 284 g/mol. The van der Waals surface area contributed by atoms with E-state index in [1.165, 1.54) is 4.90 Å². The van der Waals surface area contributed by atoms with E-state index in [0.29, 0.717) is 19.4 Å². The minimum Gasteiger partial charge on any atom is -0.481 e. The lowest BCUT2D eigenvalue weighted by Gasteiger charge is -2.32. The summed E-state index contributed by atoms with van der Waals surface area (Å²) in [6.07, 6.45) is 4.19. The second-order valence-electron chi connectivity index (χ2n) is 6.25. The maximum absolute atomic E-state index is 12.3. The van der Waals surface area contributed by atoms with Crippen molar-refractivity contribution in [2.45, 2.75) is 46.0 Å². The largest absolute Gasteiger partial charge is 0.481 e. The molecule has 0 radical (unpaired) electrons. The number of hydrogen-bond donors (Lipinski definition) is 1. The number of carbonyl (C=O) groups is 3. The molecule has 0 spiro atoms. The first kappa shape index (κ1) is 18.5. The molecule has 22 heavy (non-hydrogen) atoms. The normalized spacial score (nSPS) is 19.6. The van der Waals surface area contributed by atoms with Crippen molar-refractivity contribution in [2.75, 3.05) is 26.7 Å². The van der Waals surface area contributed by atoms with Crippen molar-refractivity contribution in [2.24, 2.45) is 11.8 Å². The molecule has 0 saturated carbocycles. The van der Waals surface area contributed by atoms with Crippen LogP contribution in [0.3, 0.4) is 0 Å². The summed E-state index contributed by atoms with van der Waals surface area (Å²) in [5.74, 6) is -1.60. The Kier molecular flexibility index (Phi) is 7.35. The number of carbonyl (C=O) groups excluding carboxylic acids is 2. The van der Waals surface area contributed by atoms with Crippen LogP contribution in [0.4, 0.5) is 0 Å². The summed E-state index contributed by atoms with van der Waals surface area (Å²) >= 11 is 0. The van der Waals surface area contributed by atoms with Gasteiger partial charge in [-0.15, -0.1) is 0 Å². The molecule has 126 valence electrons. The van der Waals surface area contributed by atoms with Crippen LogP contribution >= 0.6 is 0 Å². The Morgan fingerprint density at radius 2 is 2.05 bits per heavy atom. The molecule has 1 heterocycles. The number of rotatable bonds is 7. The van der Waals surface area contributed by atoms with Crippen molar-refractivity contribution in [1.82, 2.24) is 9.80 Å². The highest BCUT2D eigenvalue weighted by Gasteiger charge is 2.29. The average Bonchev–Trinajstić information content (AvgIpc) is 2.51. The van der Waals surface area contributed by atoms with Gasteiger partial charge in [-0.25, -0.2) is 0 Å². The fourth-order valence-electron chi connectivity index (χ4n) is 2.80. The molecule has 2 unspecified atom stereocenters. The van der Waals surface area contributed by atoms with Gasteiger partial charge in [0.05, 0.1) is 12.5 Å². The van der Waals surface area contributed by atoms with Crippen LogP contribution in [0, 0.1) is 11.8 Å². The van der Waals surface area contributed by atoms with E-state index in [2.05, 4.69) is 6.92 Å². The van der Waals surface area contributed by atoms with Gasteiger partial charge in [-0.3, -0.25) is 14.4 Å². The van der Waals surface area contributed by atoms with Crippen molar-refractivity contribution in [3.8, 4) is 0 Å². The van der Waals surface area contributed by atoms with Gasteiger partial charge in [-0.05, 0) is 19.3 Å². The summed E-state index contributed by atoms with van der Waals surface area (Å²) in [5.41, 5.74) is 0. The third-order valence-corrected chi connectivity index (χ3v) is 4.28. The predicted molar refractivity (Wildman–Crippen MR) is 83.3 cm³/mol. The Labute approximate surface area is 132 Å². The molecule has 0 aliphatic carbocycles. The summed E-state index contributed by atoms with van der Waals surface area (Å²) in [6, 6.07) is 0. The smallest absolute Gasteiger partial charge is 0.308 e. The van der Waals surface area contributed by atoms with E-state index in [-0.39, 0.29) is 30.8 Å². The zero-order chi connectivity index (χ0) is 16.7. The number of aliphatic carboxylic acids is 1. The SMILES string of the molecule is CCCCC(C)C(=O)N(C)CC(=O)N1CCCC(C(=O)O)C1. The maximum Gasteiger partial charge on any atom is 0.308 e. The molecule has 2 amide bonds. The van der Waals surface area contributed by atoms with Gasteiger partial charge in [0.15, 0.2) is 0 Å². The van der Waals surface area contributed by atoms with Gasteiger partial charge < -0.3 is 14.9 Å². The molecule has 1 fully saturated rings. The van der Waals surface area contributed by atoms with Gasteiger partial charge in [0.25, 0.3) is 0 Å². The van der Waals surface area contributed by atoms with Crippen LogP contribution in [0.1, 0.15) is 46.0 Å². The van der Waals surface area contributed by atoms with Crippen LogP contribution in [0.2, 0.25) is 0 Å². The van der Waals surface area contributed by atoms with E-state index in [0.717, 1.165) is 19.3 Å². The van der Waals surface area contributed by atoms with Gasteiger partial charge in [0, 0.05) is 26.1 Å². The van der Waals surface area contributed by atoms with E-state index in [1.807, 2.05) is 6.92 Å². The van der Waals surface area contributed by atoms with Gasteiger partial charge >= 0.3 is 5.97 Å². The van der Waals surface area contributed by atoms with Crippen molar-refractivity contribution >= 4 is 17.8 Å². The summed E-state index contributed by atoms with van der Waals surface area (Å²) in [5, 5.41) is 9.06. The molecule has 0 aromatic carbocycles. The Bertz CT molecular complexity index is 411. The van der Waals surface area contributed by atoms with Crippen LogP contribution in [-0.4, -0.2) is 59.4 Å². The Hall–Kier alpha value is -1.59. The highest BCUT2D eigenvalue weighted by Crippen LogP contribution is 2.17. The molecule has 6 nitrogen and oxygen atoms in total. The summed E-state index contributed by atoms with van der Waals surface area (Å²) in [4.78, 5) is 38.5. The predicted octanol–water partition coefficient (Wildman–Crippen LogP) is 1.59. The lowest BCUT2D eigenvalue weighted by Crippen LogP contribution is -2.47. The Balaban J connectivity index is 2.49. The Morgan fingerprint density at radius 3 is 2.64 bits per heavy atom. The van der Waals surface area contributed by atoms with Crippen LogP contribution in [0.25, 0.3) is 0 Å². The second-order valence-corrected chi connectivity index (χ2v) is 6.25. The minimum absolute atomic E-state index is 0.0198. The van der Waals surface area contributed by atoms with Crippen molar-refractivity contribution in [1.29, 1.82) is 0 Å². The number of carboxylic acid groups (broad SMARTS) is 1. The first-order valence-electron chi connectivity index (χ1n) is 8.12. The fourth-order valence-corrected chi connectivity index (χ4v) is 2.80. The molecule has 1 aliphatic heterocycles. The van der Waals surface area contributed by atoms with Crippen LogP contribution in [0.5, 0.6) is 0 Å². The standard InChI is InChI=1S/C16H28N2O4/c1-4-5-7-12(2)15(20)17(3)11-14(19)18-9-6-8-13(10-18)16(21)22/h12-13H,4-11H2,1-3H3,(H,21,22). The number of piperidine rings is 1. The van der Waals surface area contributed by atoms with Gasteiger partial charge in [-0.1, -0.05) is 26.7 Å². The topological polar surface area (TPSA) is 77.9 Å². The van der Waals surface area contributed by atoms with E-state index >= 15 is 0 Å². The number of likely N-dealkylation sites (tertiary alicyclic amines) is 1. The molecule has 0 aromatic rings. The first-order valence-corrected chi connectivity index (χ1v) is 8.12. The number of likely N-dealkylation sites (N-methyl/N-ethyl adjacent to an activating group) is 1. The third-order valence-electron chi connectivity index (χ3n) is 4.28. The summed E-state index contributed by atoms with van der Waals surface area (Å²) < 4.78 is 0. The average molecular weight is 312 g/mol. The lowest BCUT2D eigenvalue weighted by molar-refractivity contribution is -0.147. The van der Waals surface area contributed by atoms with E-state index in [1.54, 1.807) is 11.9 Å². The monoisotopic (exact) mass is 312 g/mol. The van der Waals surface area contributed by atoms with E-state index in [9.17, 15) is 14.4 Å². The number of amides is 2. The van der Waals surface area contributed by atoms with Crippen molar-refractivity contribution in [3.63, 3.8) is 0 Å². The number of hydrogen-bond acceptors (Lipinski definition) is 3. The van der Waals surface area contributed by atoms with Crippen LogP contribution in [-0.2, 0) is 14.4 Å². The molecule has 0 bridgehead atoms. The molecule has 6 heteroatoms. The summed E-state index contributed by atoms with van der Waals surface area (Å²) in [7, 11) is 1.64. The highest BCUT2D eigenvalue weighted by atomic mass is 16.4. The Morgan fingerprint density at radius 1 is 1.36 bits per heavy atom. The molecular formula is C16H28N2O4. The minimum atomic E-state index is -0.852. The fraction of sp³-hybridized carbons (Fsp3) is 0.812. The van der Waals surface area contributed by atoms with E-state index < -0.39 is 11.9 Å². The highest BCUT2D eigenvalue weighted by molar-refractivity contribution is 5.86. The molecule has 2 atom stereocenters. The van der Waals surface area contributed by atoms with Crippen LogP contribution < -0.4 is 0 Å². The molecule has 1 N–H and O–H groups in total. The zero-order valence-electron chi connectivity index (χ0n) is 13.9. The lowest BCUT2D eigenvalue weighted by atomic mass is 9.98. The first-order chi connectivity index (χ1) is 10.4. The number of unbranched alkanes of at least 4 members (excludes halogenated alkanes) is 1. The number of carboxylic acids is 1. The maximum atomic E-state index is 12.3. The molecule has 1 saturated heterocycles. The molecule has 1 rings (SSSR count). The van der Waals surface area contributed by atoms with E-state index in [4.69, 9.17) is 5.11 Å². The molecule has 0 aromatic heterocycles.